The van der Waals surface area contributed by atoms with E-state index in [0.717, 1.165) is 11.6 Å². The topological polar surface area (TPSA) is 56.8 Å². The van der Waals surface area contributed by atoms with Crippen LogP contribution in [0.3, 0.4) is 0 Å². The van der Waals surface area contributed by atoms with Gasteiger partial charge in [0.05, 0.1) is 9.89 Å². The van der Waals surface area contributed by atoms with Gasteiger partial charge in [0.15, 0.2) is 11.5 Å². The molecule has 0 spiro atoms. The van der Waals surface area contributed by atoms with Crippen LogP contribution < -0.4 is 19.5 Å². The lowest BCUT2D eigenvalue weighted by Crippen LogP contribution is -2.27. The molecule has 1 saturated carbocycles. The average molecular weight is 444 g/mol. The molecule has 0 radical (unpaired) electrons. The largest absolute Gasteiger partial charge is 0.573 e. The molecule has 0 aromatic heterocycles. The van der Waals surface area contributed by atoms with Crippen molar-refractivity contribution in [1.82, 2.24) is 0 Å². The first kappa shape index (κ1) is 18.0. The van der Waals surface area contributed by atoms with Crippen LogP contribution in [0.15, 0.2) is 40.9 Å². The summed E-state index contributed by atoms with van der Waals surface area (Å²) < 4.78 is 51.7. The van der Waals surface area contributed by atoms with Crippen molar-refractivity contribution >= 4 is 27.5 Å². The minimum atomic E-state index is -4.79. The lowest BCUT2D eigenvalue weighted by Gasteiger charge is -2.17. The highest BCUT2D eigenvalue weighted by atomic mass is 79.9. The summed E-state index contributed by atoms with van der Waals surface area (Å²) in [6.07, 6.45) is -3.44. The van der Waals surface area contributed by atoms with E-state index >= 15 is 0 Å². The quantitative estimate of drug-likeness (QED) is 0.740. The Balaban J connectivity index is 1.51. The highest BCUT2D eigenvalue weighted by molar-refractivity contribution is 9.10. The van der Waals surface area contributed by atoms with E-state index in [-0.39, 0.29) is 22.9 Å². The molecule has 1 N–H and O–H groups in total. The second-order valence-electron chi connectivity index (χ2n) is 6.30. The molecule has 1 aliphatic carbocycles. The number of halogens is 4. The van der Waals surface area contributed by atoms with Gasteiger partial charge in [-0.3, -0.25) is 4.79 Å². The maximum atomic E-state index is 12.8. The number of fused-ring (bicyclic) bond motifs is 1. The Morgan fingerprint density at radius 3 is 2.52 bits per heavy atom. The molecule has 27 heavy (non-hydrogen) atoms. The van der Waals surface area contributed by atoms with Crippen molar-refractivity contribution in [2.24, 2.45) is 0 Å². The number of carbonyl (C=O) groups is 1. The maximum Gasteiger partial charge on any atom is 0.573 e. The van der Waals surface area contributed by atoms with Crippen molar-refractivity contribution in [2.75, 3.05) is 12.1 Å². The fourth-order valence-electron chi connectivity index (χ4n) is 3.00. The summed E-state index contributed by atoms with van der Waals surface area (Å²) in [6.45, 7) is 0.151. The summed E-state index contributed by atoms with van der Waals surface area (Å²) in [7, 11) is 0. The van der Waals surface area contributed by atoms with Gasteiger partial charge in [-0.25, -0.2) is 0 Å². The molecule has 1 aliphatic heterocycles. The maximum absolute atomic E-state index is 12.8. The fraction of sp³-hybridized carbons (Fsp3) is 0.278. The molecule has 0 saturated heterocycles. The molecule has 4 rings (SSSR count). The predicted molar refractivity (Wildman–Crippen MR) is 92.9 cm³/mol. The fourth-order valence-corrected chi connectivity index (χ4v) is 3.46. The Hall–Kier alpha value is -2.42. The van der Waals surface area contributed by atoms with Crippen LogP contribution >= 0.6 is 15.9 Å². The van der Waals surface area contributed by atoms with E-state index < -0.39 is 11.8 Å². The number of ether oxygens (including phenoxy) is 3. The van der Waals surface area contributed by atoms with Gasteiger partial charge in [-0.05, 0) is 64.7 Å². The van der Waals surface area contributed by atoms with Crippen LogP contribution in [0.4, 0.5) is 18.9 Å². The van der Waals surface area contributed by atoms with Gasteiger partial charge in [0.25, 0.3) is 0 Å². The Kier molecular flexibility index (Phi) is 4.21. The summed E-state index contributed by atoms with van der Waals surface area (Å²) in [5.74, 6) is 0.636. The standard InChI is InChI=1S/C18H13BrF3NO4/c19-12-8-11(2-4-13(12)27-18(20,21)22)23-16(24)17(5-6-17)10-1-3-14-15(7-10)26-9-25-14/h1-4,7-8H,5-6,9H2,(H,23,24). The summed E-state index contributed by atoms with van der Waals surface area (Å²) in [5, 5.41) is 2.76. The zero-order chi connectivity index (χ0) is 19.2. The lowest BCUT2D eigenvalue weighted by molar-refractivity contribution is -0.274. The van der Waals surface area contributed by atoms with Crippen molar-refractivity contribution in [3.8, 4) is 17.2 Å². The number of amides is 1. The monoisotopic (exact) mass is 443 g/mol. The van der Waals surface area contributed by atoms with E-state index in [1.54, 1.807) is 12.1 Å². The van der Waals surface area contributed by atoms with E-state index in [4.69, 9.17) is 9.47 Å². The zero-order valence-corrected chi connectivity index (χ0v) is 15.3. The van der Waals surface area contributed by atoms with Crippen molar-refractivity contribution < 1.29 is 32.2 Å². The first-order valence-electron chi connectivity index (χ1n) is 8.04. The Labute approximate surface area is 160 Å². The van der Waals surface area contributed by atoms with Gasteiger partial charge in [0, 0.05) is 5.69 Å². The van der Waals surface area contributed by atoms with Crippen LogP contribution in [-0.2, 0) is 10.2 Å². The highest BCUT2D eigenvalue weighted by Crippen LogP contribution is 2.51. The molecule has 1 heterocycles. The van der Waals surface area contributed by atoms with Crippen molar-refractivity contribution in [3.63, 3.8) is 0 Å². The molecule has 1 fully saturated rings. The van der Waals surface area contributed by atoms with Crippen molar-refractivity contribution in [3.05, 3.63) is 46.4 Å². The molecule has 2 aromatic rings. The van der Waals surface area contributed by atoms with Crippen LogP contribution in [-0.4, -0.2) is 19.1 Å². The summed E-state index contributed by atoms with van der Waals surface area (Å²) in [4.78, 5) is 12.8. The third-order valence-electron chi connectivity index (χ3n) is 4.53. The summed E-state index contributed by atoms with van der Waals surface area (Å²) >= 11 is 3.03. The first-order chi connectivity index (χ1) is 12.8. The molecule has 142 valence electrons. The molecule has 5 nitrogen and oxygen atoms in total. The molecule has 2 aliphatic rings. The number of alkyl halides is 3. The minimum Gasteiger partial charge on any atom is -0.454 e. The molecule has 9 heteroatoms. The number of hydrogen-bond acceptors (Lipinski definition) is 4. The van der Waals surface area contributed by atoms with Gasteiger partial charge >= 0.3 is 6.36 Å². The number of nitrogens with one attached hydrogen (secondary N) is 1. The van der Waals surface area contributed by atoms with Crippen LogP contribution in [0.1, 0.15) is 18.4 Å². The average Bonchev–Trinajstić information content (AvgIpc) is 3.28. The molecule has 0 bridgehead atoms. The Morgan fingerprint density at radius 2 is 1.85 bits per heavy atom. The van der Waals surface area contributed by atoms with E-state index in [9.17, 15) is 18.0 Å². The highest BCUT2D eigenvalue weighted by Gasteiger charge is 2.51. The number of carbonyl (C=O) groups excluding carboxylic acids is 1. The predicted octanol–water partition coefficient (Wildman–Crippen LogP) is 4.75. The second kappa shape index (κ2) is 6.33. The van der Waals surface area contributed by atoms with E-state index in [2.05, 4.69) is 26.0 Å². The third-order valence-corrected chi connectivity index (χ3v) is 5.14. The lowest BCUT2D eigenvalue weighted by atomic mass is 9.94. The van der Waals surface area contributed by atoms with Gasteiger partial charge < -0.3 is 19.5 Å². The normalized spacial score (nSPS) is 16.7. The first-order valence-corrected chi connectivity index (χ1v) is 8.83. The molecule has 0 atom stereocenters. The Morgan fingerprint density at radius 1 is 1.11 bits per heavy atom. The molecule has 2 aromatic carbocycles. The smallest absolute Gasteiger partial charge is 0.454 e. The van der Waals surface area contributed by atoms with E-state index in [1.165, 1.54) is 12.1 Å². The summed E-state index contributed by atoms with van der Waals surface area (Å²) in [6, 6.07) is 9.27. The minimum absolute atomic E-state index is 0.0885. The van der Waals surface area contributed by atoms with Crippen LogP contribution in [0.5, 0.6) is 17.2 Å². The van der Waals surface area contributed by atoms with Gasteiger partial charge in [-0.1, -0.05) is 6.07 Å². The van der Waals surface area contributed by atoms with E-state index in [0.29, 0.717) is 30.0 Å². The molecule has 1 amide bonds. The van der Waals surface area contributed by atoms with Crippen molar-refractivity contribution in [1.29, 1.82) is 0 Å². The number of benzene rings is 2. The number of anilines is 1. The zero-order valence-electron chi connectivity index (χ0n) is 13.7. The van der Waals surface area contributed by atoms with Gasteiger partial charge in [0.1, 0.15) is 5.75 Å². The molecule has 0 unspecified atom stereocenters. The van der Waals surface area contributed by atoms with Gasteiger partial charge in [0.2, 0.25) is 12.7 Å². The Bertz CT molecular complexity index is 912. The molecular weight excluding hydrogens is 431 g/mol. The van der Waals surface area contributed by atoms with Gasteiger partial charge in [-0.2, -0.15) is 0 Å². The third kappa shape index (κ3) is 3.55. The SMILES string of the molecule is O=C(Nc1ccc(OC(F)(F)F)c(Br)c1)C1(c2ccc3c(c2)OCO3)CC1. The summed E-state index contributed by atoms with van der Waals surface area (Å²) in [5.41, 5.74) is 0.517. The van der Waals surface area contributed by atoms with Crippen LogP contribution in [0.2, 0.25) is 0 Å². The van der Waals surface area contributed by atoms with Crippen LogP contribution in [0.25, 0.3) is 0 Å². The second-order valence-corrected chi connectivity index (χ2v) is 7.15. The number of rotatable bonds is 4. The number of hydrogen-bond donors (Lipinski definition) is 1. The van der Waals surface area contributed by atoms with E-state index in [1.807, 2.05) is 6.07 Å². The molecular formula is C18H13BrF3NO4. The van der Waals surface area contributed by atoms with Crippen molar-refractivity contribution in [2.45, 2.75) is 24.6 Å². The van der Waals surface area contributed by atoms with Crippen LogP contribution in [0, 0.1) is 0 Å². The van der Waals surface area contributed by atoms with Gasteiger partial charge in [-0.15, -0.1) is 13.2 Å².